The predicted octanol–water partition coefficient (Wildman–Crippen LogP) is 5.78. The fourth-order valence-electron chi connectivity index (χ4n) is 2.95. The van der Waals surface area contributed by atoms with Crippen LogP contribution in [0.3, 0.4) is 0 Å². The minimum Gasteiger partial charge on any atom is -0.508 e. The van der Waals surface area contributed by atoms with Gasteiger partial charge in [0.2, 0.25) is 0 Å². The summed E-state index contributed by atoms with van der Waals surface area (Å²) in [6.45, 7) is 1.83. The summed E-state index contributed by atoms with van der Waals surface area (Å²) in [5.41, 5.74) is 3.54. The van der Waals surface area contributed by atoms with Gasteiger partial charge in [-0.3, -0.25) is 0 Å². The predicted molar refractivity (Wildman–Crippen MR) is 106 cm³/mol. The summed E-state index contributed by atoms with van der Waals surface area (Å²) in [5.74, 6) is 0.296. The van der Waals surface area contributed by atoms with Crippen molar-refractivity contribution in [3.63, 3.8) is 0 Å². The Morgan fingerprint density at radius 3 is 2.32 bits per heavy atom. The van der Waals surface area contributed by atoms with Crippen molar-refractivity contribution in [1.82, 2.24) is 0 Å². The highest BCUT2D eigenvalue weighted by molar-refractivity contribution is 5.88. The van der Waals surface area contributed by atoms with E-state index >= 15 is 0 Å². The number of phenols is 1. The molecule has 2 nitrogen and oxygen atoms in total. The second-order valence-corrected chi connectivity index (χ2v) is 6.55. The van der Waals surface area contributed by atoms with Gasteiger partial charge in [0, 0.05) is 0 Å². The summed E-state index contributed by atoms with van der Waals surface area (Å²) in [6, 6.07) is 20.2. The normalized spacial score (nSPS) is 12.7. The number of aliphatic hydroxyl groups excluding tert-OH is 1. The van der Waals surface area contributed by atoms with Gasteiger partial charge in [-0.1, -0.05) is 54.6 Å². The molecule has 0 aliphatic rings. The second kappa shape index (κ2) is 8.00. The van der Waals surface area contributed by atoms with Crippen LogP contribution >= 0.6 is 0 Å². The molecule has 0 saturated carbocycles. The number of fused-ring (bicyclic) bond motifs is 1. The molecule has 1 atom stereocenters. The molecule has 3 aromatic rings. The number of aliphatic hydroxyl groups is 1. The van der Waals surface area contributed by atoms with E-state index in [-0.39, 0.29) is 6.10 Å². The Hall–Kier alpha value is -2.58. The van der Waals surface area contributed by atoms with Crippen molar-refractivity contribution < 1.29 is 10.2 Å². The Labute approximate surface area is 149 Å². The molecule has 128 valence electrons. The summed E-state index contributed by atoms with van der Waals surface area (Å²) in [7, 11) is 0. The van der Waals surface area contributed by atoms with Crippen LogP contribution in [0.2, 0.25) is 0 Å². The van der Waals surface area contributed by atoms with Gasteiger partial charge in [-0.15, -0.1) is 0 Å². The van der Waals surface area contributed by atoms with Crippen molar-refractivity contribution in [2.24, 2.45) is 0 Å². The van der Waals surface area contributed by atoms with E-state index in [9.17, 15) is 10.2 Å². The Balaban J connectivity index is 1.69. The van der Waals surface area contributed by atoms with Crippen molar-refractivity contribution in [2.45, 2.75) is 32.3 Å². The average Bonchev–Trinajstić information content (AvgIpc) is 2.61. The highest BCUT2D eigenvalue weighted by Crippen LogP contribution is 2.27. The standard InChI is InChI=1S/C23H24O2/c1-17(24)5-3-2-4-6-18-7-9-19(10-8-18)20-11-12-22-16-23(25)14-13-21(22)15-20/h4,6-17,24-25H,2-3,5H2,1H3. The maximum Gasteiger partial charge on any atom is 0.116 e. The third-order valence-electron chi connectivity index (χ3n) is 4.37. The van der Waals surface area contributed by atoms with Crippen molar-refractivity contribution in [3.8, 4) is 16.9 Å². The molecule has 3 aromatic carbocycles. The number of phenolic OH excluding ortho intramolecular Hbond substituents is 1. The molecular formula is C23H24O2. The zero-order chi connectivity index (χ0) is 17.6. The molecule has 0 aliphatic carbocycles. The number of unbranched alkanes of at least 4 members (excludes halogenated alkanes) is 1. The summed E-state index contributed by atoms with van der Waals surface area (Å²) >= 11 is 0. The van der Waals surface area contributed by atoms with Crippen molar-refractivity contribution >= 4 is 16.8 Å². The van der Waals surface area contributed by atoms with Gasteiger partial charge in [0.15, 0.2) is 0 Å². The van der Waals surface area contributed by atoms with E-state index in [0.29, 0.717) is 5.75 Å². The second-order valence-electron chi connectivity index (χ2n) is 6.55. The highest BCUT2D eigenvalue weighted by Gasteiger charge is 2.01. The number of hydrogen-bond acceptors (Lipinski definition) is 2. The van der Waals surface area contributed by atoms with Gasteiger partial charge in [0.25, 0.3) is 0 Å². The zero-order valence-electron chi connectivity index (χ0n) is 14.5. The molecule has 3 rings (SSSR count). The molecule has 0 heterocycles. The van der Waals surface area contributed by atoms with Gasteiger partial charge in [-0.2, -0.15) is 0 Å². The largest absolute Gasteiger partial charge is 0.508 e. The summed E-state index contributed by atoms with van der Waals surface area (Å²) in [6.07, 6.45) is 6.94. The Kier molecular flexibility index (Phi) is 5.52. The molecule has 0 radical (unpaired) electrons. The average molecular weight is 332 g/mol. The van der Waals surface area contributed by atoms with Gasteiger partial charge in [0.1, 0.15) is 5.75 Å². The van der Waals surface area contributed by atoms with Crippen LogP contribution in [0.4, 0.5) is 0 Å². The number of benzene rings is 3. The van der Waals surface area contributed by atoms with Crippen molar-refractivity contribution in [3.05, 3.63) is 72.3 Å². The Bertz CT molecular complexity index is 861. The molecule has 2 N–H and O–H groups in total. The fourth-order valence-corrected chi connectivity index (χ4v) is 2.95. The first-order valence-corrected chi connectivity index (χ1v) is 8.80. The zero-order valence-corrected chi connectivity index (χ0v) is 14.5. The summed E-state index contributed by atoms with van der Waals surface area (Å²) in [4.78, 5) is 0. The van der Waals surface area contributed by atoms with Crippen molar-refractivity contribution in [2.75, 3.05) is 0 Å². The first-order valence-electron chi connectivity index (χ1n) is 8.80. The minimum atomic E-state index is -0.210. The molecular weight excluding hydrogens is 308 g/mol. The first-order chi connectivity index (χ1) is 12.1. The Morgan fingerprint density at radius 2 is 1.56 bits per heavy atom. The van der Waals surface area contributed by atoms with Crippen molar-refractivity contribution in [1.29, 1.82) is 0 Å². The SMILES string of the molecule is CC(O)CCCC=Cc1ccc(-c2ccc3cc(O)ccc3c2)cc1. The Morgan fingerprint density at radius 1 is 0.880 bits per heavy atom. The summed E-state index contributed by atoms with van der Waals surface area (Å²) in [5, 5.41) is 21.0. The number of rotatable bonds is 6. The third kappa shape index (κ3) is 4.71. The van der Waals surface area contributed by atoms with Gasteiger partial charge in [-0.25, -0.2) is 0 Å². The van der Waals surface area contributed by atoms with Crippen LogP contribution < -0.4 is 0 Å². The van der Waals surface area contributed by atoms with Gasteiger partial charge in [0.05, 0.1) is 6.10 Å². The molecule has 0 aliphatic heterocycles. The smallest absolute Gasteiger partial charge is 0.116 e. The van der Waals surface area contributed by atoms with Crippen LogP contribution in [-0.4, -0.2) is 16.3 Å². The number of allylic oxidation sites excluding steroid dienone is 1. The third-order valence-corrected chi connectivity index (χ3v) is 4.37. The highest BCUT2D eigenvalue weighted by atomic mass is 16.3. The molecule has 1 unspecified atom stereocenters. The van der Waals surface area contributed by atoms with Crippen LogP contribution in [0.5, 0.6) is 5.75 Å². The molecule has 0 fully saturated rings. The molecule has 0 aromatic heterocycles. The molecule has 0 bridgehead atoms. The lowest BCUT2D eigenvalue weighted by Crippen LogP contribution is -1.97. The van der Waals surface area contributed by atoms with Crippen LogP contribution in [0.1, 0.15) is 31.7 Å². The fraction of sp³-hybridized carbons (Fsp3) is 0.217. The summed E-state index contributed by atoms with van der Waals surface area (Å²) < 4.78 is 0. The maximum atomic E-state index is 9.56. The van der Waals surface area contributed by atoms with Crippen LogP contribution in [0.25, 0.3) is 28.0 Å². The molecule has 0 saturated heterocycles. The molecule has 25 heavy (non-hydrogen) atoms. The van der Waals surface area contributed by atoms with Crippen LogP contribution in [0.15, 0.2) is 66.7 Å². The minimum absolute atomic E-state index is 0.210. The van der Waals surface area contributed by atoms with Crippen LogP contribution in [-0.2, 0) is 0 Å². The molecule has 2 heteroatoms. The quantitative estimate of drug-likeness (QED) is 0.562. The number of aromatic hydroxyl groups is 1. The number of hydrogen-bond donors (Lipinski definition) is 2. The lowest BCUT2D eigenvalue weighted by atomic mass is 10.00. The lowest BCUT2D eigenvalue weighted by molar-refractivity contribution is 0.182. The molecule has 0 spiro atoms. The van der Waals surface area contributed by atoms with E-state index in [1.807, 2.05) is 19.1 Å². The van der Waals surface area contributed by atoms with E-state index in [4.69, 9.17) is 0 Å². The first kappa shape index (κ1) is 17.2. The van der Waals surface area contributed by atoms with Crippen LogP contribution in [0, 0.1) is 0 Å². The van der Waals surface area contributed by atoms with Gasteiger partial charge >= 0.3 is 0 Å². The van der Waals surface area contributed by atoms with E-state index in [0.717, 1.165) is 30.0 Å². The van der Waals surface area contributed by atoms with Gasteiger partial charge < -0.3 is 10.2 Å². The molecule has 0 amide bonds. The van der Waals surface area contributed by atoms with E-state index < -0.39 is 0 Å². The topological polar surface area (TPSA) is 40.5 Å². The monoisotopic (exact) mass is 332 g/mol. The maximum absolute atomic E-state index is 9.56. The van der Waals surface area contributed by atoms with E-state index in [2.05, 4.69) is 48.6 Å². The van der Waals surface area contributed by atoms with E-state index in [1.54, 1.807) is 12.1 Å². The lowest BCUT2D eigenvalue weighted by Gasteiger charge is -2.05. The van der Waals surface area contributed by atoms with E-state index in [1.165, 1.54) is 16.7 Å². The van der Waals surface area contributed by atoms with Gasteiger partial charge in [-0.05, 0) is 71.8 Å².